The molecule has 22 heavy (non-hydrogen) atoms. The summed E-state index contributed by atoms with van der Waals surface area (Å²) < 4.78 is 3.07. The van der Waals surface area contributed by atoms with Crippen molar-refractivity contribution in [3.63, 3.8) is 0 Å². The summed E-state index contributed by atoms with van der Waals surface area (Å²) in [5.74, 6) is 0. The third-order valence-corrected chi connectivity index (χ3v) is 4.97. The van der Waals surface area contributed by atoms with Gasteiger partial charge in [-0.1, -0.05) is 15.9 Å². The second kappa shape index (κ2) is 6.94. The molecule has 4 nitrogen and oxygen atoms in total. The first kappa shape index (κ1) is 15.7. The molecule has 5 heteroatoms. The van der Waals surface area contributed by atoms with Crippen LogP contribution in [0.4, 0.5) is 0 Å². The van der Waals surface area contributed by atoms with Gasteiger partial charge < -0.3 is 5.32 Å². The summed E-state index contributed by atoms with van der Waals surface area (Å²) >= 11 is 3.47. The minimum Gasteiger partial charge on any atom is -0.317 e. The summed E-state index contributed by atoms with van der Waals surface area (Å²) in [5.41, 5.74) is 3.52. The van der Waals surface area contributed by atoms with Gasteiger partial charge in [0.1, 0.15) is 0 Å². The number of nitrogens with zero attached hydrogens (tertiary/aromatic N) is 3. The first-order chi connectivity index (χ1) is 10.6. The second-order valence-electron chi connectivity index (χ2n) is 6.06. The van der Waals surface area contributed by atoms with E-state index in [1.165, 1.54) is 18.4 Å². The van der Waals surface area contributed by atoms with Gasteiger partial charge in [0.15, 0.2) is 0 Å². The van der Waals surface area contributed by atoms with Gasteiger partial charge in [-0.15, -0.1) is 0 Å². The van der Waals surface area contributed by atoms with E-state index in [0.29, 0.717) is 6.04 Å². The predicted molar refractivity (Wildman–Crippen MR) is 93.4 cm³/mol. The lowest BCUT2D eigenvalue weighted by atomic mass is 10.0. The summed E-state index contributed by atoms with van der Waals surface area (Å²) in [7, 11) is 2.23. The maximum Gasteiger partial charge on any atom is 0.0646 e. The number of aromatic nitrogens is 2. The molecule has 0 bridgehead atoms. The van der Waals surface area contributed by atoms with E-state index in [-0.39, 0.29) is 0 Å². The largest absolute Gasteiger partial charge is 0.317 e. The van der Waals surface area contributed by atoms with Crippen LogP contribution in [0.1, 0.15) is 24.1 Å². The van der Waals surface area contributed by atoms with Crippen LogP contribution in [-0.2, 0) is 6.54 Å². The Bertz CT molecular complexity index is 614. The van der Waals surface area contributed by atoms with Crippen LogP contribution in [-0.4, -0.2) is 40.9 Å². The minimum absolute atomic E-state index is 0.677. The maximum absolute atomic E-state index is 4.67. The Labute approximate surface area is 140 Å². The smallest absolute Gasteiger partial charge is 0.0646 e. The van der Waals surface area contributed by atoms with Crippen molar-refractivity contribution < 1.29 is 0 Å². The highest BCUT2D eigenvalue weighted by Gasteiger charge is 2.19. The molecule has 3 rings (SSSR count). The number of piperidine rings is 1. The molecular formula is C17H23BrN4. The third-order valence-electron chi connectivity index (χ3n) is 4.44. The zero-order valence-electron chi connectivity index (χ0n) is 13.2. The number of halogens is 1. The van der Waals surface area contributed by atoms with Crippen LogP contribution in [0.3, 0.4) is 0 Å². The predicted octanol–water partition coefficient (Wildman–Crippen LogP) is 3.13. The first-order valence-corrected chi connectivity index (χ1v) is 8.65. The van der Waals surface area contributed by atoms with Crippen molar-refractivity contribution in [3.05, 3.63) is 46.2 Å². The van der Waals surface area contributed by atoms with Crippen molar-refractivity contribution in [2.24, 2.45) is 0 Å². The molecule has 0 saturated carbocycles. The molecule has 0 atom stereocenters. The van der Waals surface area contributed by atoms with Crippen molar-refractivity contribution in [3.8, 4) is 5.69 Å². The first-order valence-electron chi connectivity index (χ1n) is 7.85. The Morgan fingerprint density at radius 1 is 1.27 bits per heavy atom. The molecule has 2 aromatic rings. The van der Waals surface area contributed by atoms with Crippen LogP contribution in [0.25, 0.3) is 5.69 Å². The minimum atomic E-state index is 0.677. The van der Waals surface area contributed by atoms with Crippen LogP contribution in [0.2, 0.25) is 0 Å². The highest BCUT2D eigenvalue weighted by molar-refractivity contribution is 9.10. The molecular weight excluding hydrogens is 340 g/mol. The molecule has 0 unspecified atom stereocenters. The fraction of sp³-hybridized carbons (Fsp3) is 0.471. The van der Waals surface area contributed by atoms with E-state index in [1.807, 2.05) is 16.8 Å². The molecule has 1 aliphatic rings. The van der Waals surface area contributed by atoms with Gasteiger partial charge in [0, 0.05) is 28.8 Å². The lowest BCUT2D eigenvalue weighted by Gasteiger charge is -2.31. The maximum atomic E-state index is 4.67. The molecule has 1 N–H and O–H groups in total. The summed E-state index contributed by atoms with van der Waals surface area (Å²) in [5, 5.41) is 8.10. The number of nitrogens with one attached hydrogen (secondary N) is 1. The summed E-state index contributed by atoms with van der Waals surface area (Å²) in [6.07, 6.45) is 4.63. The van der Waals surface area contributed by atoms with Crippen LogP contribution < -0.4 is 5.32 Å². The number of hydrogen-bond acceptors (Lipinski definition) is 3. The molecule has 2 heterocycles. The van der Waals surface area contributed by atoms with Gasteiger partial charge >= 0.3 is 0 Å². The zero-order chi connectivity index (χ0) is 15.5. The van der Waals surface area contributed by atoms with E-state index in [9.17, 15) is 0 Å². The Morgan fingerprint density at radius 3 is 2.64 bits per heavy atom. The highest BCUT2D eigenvalue weighted by Crippen LogP contribution is 2.18. The van der Waals surface area contributed by atoms with E-state index in [1.54, 1.807) is 0 Å². The van der Waals surface area contributed by atoms with Gasteiger partial charge in [0.05, 0.1) is 11.4 Å². The molecule has 0 radical (unpaired) electrons. The van der Waals surface area contributed by atoms with Crippen molar-refractivity contribution in [2.45, 2.75) is 32.4 Å². The Morgan fingerprint density at radius 2 is 1.95 bits per heavy atom. The van der Waals surface area contributed by atoms with Crippen LogP contribution in [0, 0.1) is 6.92 Å². The topological polar surface area (TPSA) is 33.1 Å². The van der Waals surface area contributed by atoms with Crippen molar-refractivity contribution in [1.29, 1.82) is 0 Å². The average Bonchev–Trinajstić information content (AvgIpc) is 2.90. The average molecular weight is 363 g/mol. The van der Waals surface area contributed by atoms with Gasteiger partial charge in [-0.05, 0) is 64.2 Å². The van der Waals surface area contributed by atoms with Crippen LogP contribution in [0.5, 0.6) is 0 Å². The van der Waals surface area contributed by atoms with E-state index in [0.717, 1.165) is 35.5 Å². The Balaban J connectivity index is 1.73. The lowest BCUT2D eigenvalue weighted by Crippen LogP contribution is -2.40. The molecule has 0 aliphatic carbocycles. The van der Waals surface area contributed by atoms with Gasteiger partial charge in [0.25, 0.3) is 0 Å². The van der Waals surface area contributed by atoms with E-state index < -0.39 is 0 Å². The van der Waals surface area contributed by atoms with Gasteiger partial charge in [-0.3, -0.25) is 4.90 Å². The quantitative estimate of drug-likeness (QED) is 0.906. The van der Waals surface area contributed by atoms with Gasteiger partial charge in [-0.25, -0.2) is 4.68 Å². The SMILES string of the molecule is Cc1nn(-c2ccc(Br)cc2)cc1CN(C)C1CCNCC1. The monoisotopic (exact) mass is 362 g/mol. The fourth-order valence-electron chi connectivity index (χ4n) is 3.02. The van der Waals surface area contributed by atoms with E-state index >= 15 is 0 Å². The molecule has 1 aromatic heterocycles. The molecule has 118 valence electrons. The zero-order valence-corrected chi connectivity index (χ0v) is 14.8. The van der Waals surface area contributed by atoms with Crippen LogP contribution in [0.15, 0.2) is 34.9 Å². The van der Waals surface area contributed by atoms with Crippen LogP contribution >= 0.6 is 15.9 Å². The molecule has 1 fully saturated rings. The number of hydrogen-bond donors (Lipinski definition) is 1. The third kappa shape index (κ3) is 3.59. The molecule has 0 spiro atoms. The number of benzene rings is 1. The summed E-state index contributed by atoms with van der Waals surface area (Å²) in [6, 6.07) is 8.94. The fourth-order valence-corrected chi connectivity index (χ4v) is 3.29. The Hall–Kier alpha value is -1.17. The van der Waals surface area contributed by atoms with Crippen molar-refractivity contribution >= 4 is 15.9 Å². The van der Waals surface area contributed by atoms with Gasteiger partial charge in [0.2, 0.25) is 0 Å². The molecule has 1 aromatic carbocycles. The van der Waals surface area contributed by atoms with E-state index in [4.69, 9.17) is 0 Å². The summed E-state index contributed by atoms with van der Waals surface area (Å²) in [6.45, 7) is 5.33. The second-order valence-corrected chi connectivity index (χ2v) is 6.97. The number of aryl methyl sites for hydroxylation is 1. The number of rotatable bonds is 4. The molecule has 1 aliphatic heterocycles. The molecule has 0 amide bonds. The lowest BCUT2D eigenvalue weighted by molar-refractivity contribution is 0.191. The normalized spacial score (nSPS) is 16.4. The standard InChI is InChI=1S/C17H23BrN4/c1-13-14(11-21(2)16-7-9-19-10-8-16)12-22(20-13)17-5-3-15(18)4-6-17/h3-6,12,16,19H,7-11H2,1-2H3. The highest BCUT2D eigenvalue weighted by atomic mass is 79.9. The van der Waals surface area contributed by atoms with Crippen molar-refractivity contribution in [1.82, 2.24) is 20.0 Å². The van der Waals surface area contributed by atoms with Gasteiger partial charge in [-0.2, -0.15) is 5.10 Å². The summed E-state index contributed by atoms with van der Waals surface area (Å²) in [4.78, 5) is 2.47. The molecule has 1 saturated heterocycles. The van der Waals surface area contributed by atoms with E-state index in [2.05, 4.69) is 63.5 Å². The Kier molecular flexibility index (Phi) is 4.96. The van der Waals surface area contributed by atoms with Crippen molar-refractivity contribution in [2.75, 3.05) is 20.1 Å².